The third-order valence-electron chi connectivity index (χ3n) is 5.40. The maximum atomic E-state index is 12.8. The highest BCUT2D eigenvalue weighted by molar-refractivity contribution is 7.15. The number of aromatic nitrogens is 1. The summed E-state index contributed by atoms with van der Waals surface area (Å²) in [5.74, 6) is -0.0772. The first-order chi connectivity index (χ1) is 13.2. The lowest BCUT2D eigenvalue weighted by atomic mass is 10.1. The van der Waals surface area contributed by atoms with Crippen LogP contribution in [0.4, 0.5) is 5.13 Å². The number of anilines is 1. The molecule has 2 aliphatic rings. The molecule has 1 aliphatic heterocycles. The lowest BCUT2D eigenvalue weighted by Gasteiger charge is -2.23. The van der Waals surface area contributed by atoms with Gasteiger partial charge in [0.25, 0.3) is 0 Å². The average Bonchev–Trinajstić information content (AvgIpc) is 3.25. The van der Waals surface area contributed by atoms with Gasteiger partial charge < -0.3 is 10.2 Å². The van der Waals surface area contributed by atoms with Crippen LogP contribution in [0.1, 0.15) is 48.2 Å². The average molecular weight is 384 g/mol. The molecule has 4 rings (SSSR count). The van der Waals surface area contributed by atoms with E-state index in [1.807, 2.05) is 30.3 Å². The summed E-state index contributed by atoms with van der Waals surface area (Å²) >= 11 is 1.60. The van der Waals surface area contributed by atoms with Crippen molar-refractivity contribution in [3.63, 3.8) is 0 Å². The lowest BCUT2D eigenvalue weighted by Crippen LogP contribution is -2.43. The van der Waals surface area contributed by atoms with E-state index in [2.05, 4.69) is 10.3 Å². The van der Waals surface area contributed by atoms with Crippen molar-refractivity contribution in [2.24, 2.45) is 0 Å². The summed E-state index contributed by atoms with van der Waals surface area (Å²) in [7, 11) is 0. The third-order valence-corrected chi connectivity index (χ3v) is 6.47. The third kappa shape index (κ3) is 4.21. The maximum absolute atomic E-state index is 12.8. The van der Waals surface area contributed by atoms with E-state index in [9.17, 15) is 9.59 Å². The normalized spacial score (nSPS) is 19.4. The summed E-state index contributed by atoms with van der Waals surface area (Å²) in [6.45, 7) is 0.651. The van der Waals surface area contributed by atoms with Gasteiger partial charge >= 0.3 is 0 Å². The Bertz CT molecular complexity index is 795. The molecule has 1 N–H and O–H groups in total. The molecular formula is C21H25N3O2S. The lowest BCUT2D eigenvalue weighted by molar-refractivity contribution is -0.136. The van der Waals surface area contributed by atoms with Crippen molar-refractivity contribution in [2.45, 2.75) is 57.4 Å². The minimum atomic E-state index is -0.384. The standard InChI is InChI=1S/C21H25N3O2S/c25-19(14-15-8-3-1-4-9-15)24-13-7-11-17(24)20(26)23-21-22-16-10-5-2-6-12-18(16)27-21/h1,3-4,8-9,17H,2,5-7,10-14H2,(H,22,23,26). The van der Waals surface area contributed by atoms with Gasteiger partial charge in [0, 0.05) is 11.4 Å². The molecule has 1 fully saturated rings. The van der Waals surface area contributed by atoms with Crippen molar-refractivity contribution in [1.82, 2.24) is 9.88 Å². The quantitative estimate of drug-likeness (QED) is 0.821. The Morgan fingerprint density at radius 2 is 1.93 bits per heavy atom. The number of aryl methyl sites for hydroxylation is 2. The predicted molar refractivity (Wildman–Crippen MR) is 107 cm³/mol. The van der Waals surface area contributed by atoms with Gasteiger partial charge in [0.2, 0.25) is 11.8 Å². The van der Waals surface area contributed by atoms with Crippen LogP contribution in [0.15, 0.2) is 30.3 Å². The Kier molecular flexibility index (Phi) is 5.53. The molecule has 1 aromatic carbocycles. The van der Waals surface area contributed by atoms with Crippen LogP contribution in [0, 0.1) is 0 Å². The molecule has 1 saturated heterocycles. The minimum Gasteiger partial charge on any atom is -0.330 e. The number of benzene rings is 1. The van der Waals surface area contributed by atoms with Crippen LogP contribution >= 0.6 is 11.3 Å². The van der Waals surface area contributed by atoms with E-state index in [-0.39, 0.29) is 17.9 Å². The molecule has 1 aromatic heterocycles. The molecular weight excluding hydrogens is 358 g/mol. The number of hydrogen-bond acceptors (Lipinski definition) is 4. The highest BCUT2D eigenvalue weighted by atomic mass is 32.1. The van der Waals surface area contributed by atoms with Gasteiger partial charge in [-0.05, 0) is 44.1 Å². The fourth-order valence-corrected chi connectivity index (χ4v) is 5.03. The number of likely N-dealkylation sites (tertiary alicyclic amines) is 1. The number of rotatable bonds is 4. The molecule has 27 heavy (non-hydrogen) atoms. The van der Waals surface area contributed by atoms with E-state index < -0.39 is 0 Å². The Hall–Kier alpha value is -2.21. The molecule has 0 radical (unpaired) electrons. The van der Waals surface area contributed by atoms with Gasteiger partial charge in [0.05, 0.1) is 12.1 Å². The van der Waals surface area contributed by atoms with Crippen LogP contribution in [0.3, 0.4) is 0 Å². The van der Waals surface area contributed by atoms with E-state index in [0.29, 0.717) is 18.1 Å². The van der Waals surface area contributed by atoms with Crippen molar-refractivity contribution < 1.29 is 9.59 Å². The van der Waals surface area contributed by atoms with Gasteiger partial charge in [-0.2, -0.15) is 0 Å². The molecule has 1 unspecified atom stereocenters. The SMILES string of the molecule is O=C(Nc1nc2c(s1)CCCCC2)C1CCCN1C(=O)Cc1ccccc1. The molecule has 0 spiro atoms. The van der Waals surface area contributed by atoms with Crippen LogP contribution in [-0.4, -0.2) is 34.3 Å². The Morgan fingerprint density at radius 1 is 1.11 bits per heavy atom. The number of fused-ring (bicyclic) bond motifs is 1. The fourth-order valence-electron chi connectivity index (χ4n) is 3.98. The second-order valence-electron chi connectivity index (χ2n) is 7.35. The first-order valence-electron chi connectivity index (χ1n) is 9.83. The van der Waals surface area contributed by atoms with Crippen LogP contribution in [0.2, 0.25) is 0 Å². The van der Waals surface area contributed by atoms with Crippen molar-refractivity contribution in [3.05, 3.63) is 46.5 Å². The van der Waals surface area contributed by atoms with E-state index in [1.54, 1.807) is 16.2 Å². The topological polar surface area (TPSA) is 62.3 Å². The second kappa shape index (κ2) is 8.21. The van der Waals surface area contributed by atoms with Gasteiger partial charge in [-0.1, -0.05) is 36.8 Å². The predicted octanol–water partition coefficient (Wildman–Crippen LogP) is 3.58. The molecule has 2 amide bonds. The second-order valence-corrected chi connectivity index (χ2v) is 8.43. The largest absolute Gasteiger partial charge is 0.330 e. The van der Waals surface area contributed by atoms with E-state index in [4.69, 9.17) is 0 Å². The molecule has 1 atom stereocenters. The van der Waals surface area contributed by atoms with Crippen LogP contribution < -0.4 is 5.32 Å². The first kappa shape index (κ1) is 18.2. The number of hydrogen-bond donors (Lipinski definition) is 1. The molecule has 0 bridgehead atoms. The van der Waals surface area contributed by atoms with Gasteiger partial charge in [-0.15, -0.1) is 11.3 Å². The summed E-state index contributed by atoms with van der Waals surface area (Å²) in [5.41, 5.74) is 2.13. The first-order valence-corrected chi connectivity index (χ1v) is 10.7. The van der Waals surface area contributed by atoms with Crippen molar-refractivity contribution in [1.29, 1.82) is 0 Å². The van der Waals surface area contributed by atoms with Crippen molar-refractivity contribution >= 4 is 28.3 Å². The van der Waals surface area contributed by atoms with Gasteiger partial charge in [0.1, 0.15) is 6.04 Å². The number of nitrogens with zero attached hydrogens (tertiary/aromatic N) is 2. The summed E-state index contributed by atoms with van der Waals surface area (Å²) < 4.78 is 0. The summed E-state index contributed by atoms with van der Waals surface area (Å²) in [5, 5.41) is 3.67. The number of nitrogens with one attached hydrogen (secondary N) is 1. The van der Waals surface area contributed by atoms with Crippen LogP contribution in [-0.2, 0) is 28.9 Å². The molecule has 2 aromatic rings. The molecule has 1 aliphatic carbocycles. The molecule has 6 heteroatoms. The summed E-state index contributed by atoms with van der Waals surface area (Å²) in [6, 6.07) is 9.32. The van der Waals surface area contributed by atoms with Gasteiger partial charge in [-0.25, -0.2) is 4.98 Å². The number of carbonyl (C=O) groups excluding carboxylic acids is 2. The Labute approximate surface area is 163 Å². The van der Waals surface area contributed by atoms with Gasteiger partial charge in [0.15, 0.2) is 5.13 Å². The van der Waals surface area contributed by atoms with E-state index >= 15 is 0 Å². The minimum absolute atomic E-state index is 0.0220. The monoisotopic (exact) mass is 383 g/mol. The summed E-state index contributed by atoms with van der Waals surface area (Å²) in [6.07, 6.45) is 7.63. The maximum Gasteiger partial charge on any atom is 0.248 e. The summed E-state index contributed by atoms with van der Waals surface area (Å²) in [4.78, 5) is 33.2. The van der Waals surface area contributed by atoms with E-state index in [0.717, 1.165) is 36.9 Å². The smallest absolute Gasteiger partial charge is 0.248 e. The van der Waals surface area contributed by atoms with Crippen molar-refractivity contribution in [2.75, 3.05) is 11.9 Å². The molecule has 0 saturated carbocycles. The number of thiazole rings is 1. The van der Waals surface area contributed by atoms with Crippen LogP contribution in [0.25, 0.3) is 0 Å². The zero-order chi connectivity index (χ0) is 18.6. The fraction of sp³-hybridized carbons (Fsp3) is 0.476. The highest BCUT2D eigenvalue weighted by Crippen LogP contribution is 2.29. The number of amides is 2. The molecule has 2 heterocycles. The Morgan fingerprint density at radius 3 is 2.78 bits per heavy atom. The molecule has 5 nitrogen and oxygen atoms in total. The van der Waals surface area contributed by atoms with Crippen LogP contribution in [0.5, 0.6) is 0 Å². The zero-order valence-electron chi connectivity index (χ0n) is 15.4. The highest BCUT2D eigenvalue weighted by Gasteiger charge is 2.34. The van der Waals surface area contributed by atoms with E-state index in [1.165, 1.54) is 24.1 Å². The Balaban J connectivity index is 1.41. The number of carbonyl (C=O) groups is 2. The van der Waals surface area contributed by atoms with Crippen molar-refractivity contribution in [3.8, 4) is 0 Å². The zero-order valence-corrected chi connectivity index (χ0v) is 16.3. The van der Waals surface area contributed by atoms with Gasteiger partial charge in [-0.3, -0.25) is 9.59 Å². The molecule has 142 valence electrons.